The Balaban J connectivity index is 2.16. The van der Waals surface area contributed by atoms with Crippen molar-refractivity contribution in [3.8, 4) is 5.75 Å². The molecule has 2 N–H and O–H groups in total. The van der Waals surface area contributed by atoms with Gasteiger partial charge >= 0.3 is 0 Å². The number of nitrogens with one attached hydrogen (secondary N) is 1. The van der Waals surface area contributed by atoms with Crippen molar-refractivity contribution in [3.63, 3.8) is 0 Å². The molecule has 0 spiro atoms. The zero-order chi connectivity index (χ0) is 13.1. The van der Waals surface area contributed by atoms with E-state index in [1.54, 1.807) is 0 Å². The quantitative estimate of drug-likeness (QED) is 0.810. The van der Waals surface area contributed by atoms with Crippen LogP contribution >= 0.6 is 31.9 Å². The van der Waals surface area contributed by atoms with Crippen LogP contribution in [-0.4, -0.2) is 5.11 Å². The van der Waals surface area contributed by atoms with Gasteiger partial charge in [-0.1, -0.05) is 18.2 Å². The molecule has 4 heteroatoms. The molecule has 0 heterocycles. The summed E-state index contributed by atoms with van der Waals surface area (Å²) >= 11 is 6.81. The predicted octanol–water partition coefficient (Wildman–Crippen LogP) is 4.84. The Hall–Kier alpha value is -1.00. The van der Waals surface area contributed by atoms with E-state index in [0.717, 1.165) is 15.7 Å². The van der Waals surface area contributed by atoms with Crippen molar-refractivity contribution in [1.29, 1.82) is 0 Å². The molecule has 0 aliphatic carbocycles. The third-order valence-electron chi connectivity index (χ3n) is 2.66. The largest absolute Gasteiger partial charge is 0.506 e. The van der Waals surface area contributed by atoms with Crippen LogP contribution in [0, 0.1) is 6.92 Å². The van der Waals surface area contributed by atoms with Crippen molar-refractivity contribution in [2.45, 2.75) is 13.5 Å². The lowest BCUT2D eigenvalue weighted by atomic mass is 10.2. The minimum absolute atomic E-state index is 0.286. The lowest BCUT2D eigenvalue weighted by molar-refractivity contribution is 0.465. The fourth-order valence-electron chi connectivity index (χ4n) is 1.67. The number of rotatable bonds is 3. The van der Waals surface area contributed by atoms with Crippen LogP contribution in [0.1, 0.15) is 11.1 Å². The first-order chi connectivity index (χ1) is 8.58. The van der Waals surface area contributed by atoms with Gasteiger partial charge < -0.3 is 10.4 Å². The summed E-state index contributed by atoms with van der Waals surface area (Å²) in [5.41, 5.74) is 3.08. The third kappa shape index (κ3) is 3.06. The molecular weight excluding hydrogens is 358 g/mol. The summed E-state index contributed by atoms with van der Waals surface area (Å²) in [5.74, 6) is 0.286. The number of halogens is 2. The molecule has 0 aliphatic rings. The van der Waals surface area contributed by atoms with Gasteiger partial charge in [0.1, 0.15) is 5.75 Å². The van der Waals surface area contributed by atoms with Crippen molar-refractivity contribution in [2.75, 3.05) is 5.32 Å². The monoisotopic (exact) mass is 369 g/mol. The zero-order valence-corrected chi connectivity index (χ0v) is 13.0. The normalized spacial score (nSPS) is 10.4. The summed E-state index contributed by atoms with van der Waals surface area (Å²) in [7, 11) is 0. The lowest BCUT2D eigenvalue weighted by Crippen LogP contribution is -2.00. The van der Waals surface area contributed by atoms with E-state index in [1.807, 2.05) is 37.3 Å². The van der Waals surface area contributed by atoms with Gasteiger partial charge in [-0.3, -0.25) is 0 Å². The van der Waals surface area contributed by atoms with Crippen LogP contribution in [0.4, 0.5) is 5.69 Å². The van der Waals surface area contributed by atoms with E-state index in [1.165, 1.54) is 5.56 Å². The van der Waals surface area contributed by atoms with Gasteiger partial charge in [-0.2, -0.15) is 0 Å². The van der Waals surface area contributed by atoms with Crippen LogP contribution in [0.5, 0.6) is 5.75 Å². The number of para-hydroxylation sites is 1. The van der Waals surface area contributed by atoms with Gasteiger partial charge in [0, 0.05) is 22.3 Å². The molecule has 0 saturated heterocycles. The summed E-state index contributed by atoms with van der Waals surface area (Å²) in [6.07, 6.45) is 0. The summed E-state index contributed by atoms with van der Waals surface area (Å²) in [6.45, 7) is 2.63. The minimum Gasteiger partial charge on any atom is -0.506 e. The first kappa shape index (κ1) is 13.4. The number of phenolic OH excluding ortho intramolecular Hbond substituents is 1. The average molecular weight is 371 g/mol. The number of aromatic hydroxyl groups is 1. The predicted molar refractivity (Wildman–Crippen MR) is 82.0 cm³/mol. The van der Waals surface area contributed by atoms with E-state index in [0.29, 0.717) is 11.0 Å². The Morgan fingerprint density at radius 1 is 1.11 bits per heavy atom. The molecule has 0 aliphatic heterocycles. The van der Waals surface area contributed by atoms with Crippen molar-refractivity contribution in [2.24, 2.45) is 0 Å². The maximum atomic E-state index is 9.90. The van der Waals surface area contributed by atoms with Gasteiger partial charge in [0.25, 0.3) is 0 Å². The second-order valence-electron chi connectivity index (χ2n) is 4.08. The molecular formula is C14H13Br2NO. The topological polar surface area (TPSA) is 32.3 Å². The van der Waals surface area contributed by atoms with Crippen molar-refractivity contribution in [1.82, 2.24) is 0 Å². The molecule has 2 rings (SSSR count). The highest BCUT2D eigenvalue weighted by atomic mass is 79.9. The van der Waals surface area contributed by atoms with Gasteiger partial charge in [0.05, 0.1) is 4.47 Å². The van der Waals surface area contributed by atoms with Crippen molar-refractivity contribution in [3.05, 3.63) is 56.5 Å². The van der Waals surface area contributed by atoms with Crippen molar-refractivity contribution < 1.29 is 5.11 Å². The van der Waals surface area contributed by atoms with Crippen LogP contribution in [0.3, 0.4) is 0 Å². The number of anilines is 1. The highest BCUT2D eigenvalue weighted by molar-refractivity contribution is 9.11. The second-order valence-corrected chi connectivity index (χ2v) is 5.79. The molecule has 94 valence electrons. The number of benzene rings is 2. The van der Waals surface area contributed by atoms with Gasteiger partial charge in [0.2, 0.25) is 0 Å². The number of phenols is 1. The summed E-state index contributed by atoms with van der Waals surface area (Å²) in [5, 5.41) is 13.2. The molecule has 0 amide bonds. The Morgan fingerprint density at radius 3 is 2.67 bits per heavy atom. The molecule has 0 atom stereocenters. The first-order valence-electron chi connectivity index (χ1n) is 5.54. The third-order valence-corrected chi connectivity index (χ3v) is 3.99. The molecule has 0 bridgehead atoms. The van der Waals surface area contributed by atoms with E-state index in [-0.39, 0.29) is 5.75 Å². The van der Waals surface area contributed by atoms with Crippen LogP contribution in [-0.2, 0) is 6.54 Å². The van der Waals surface area contributed by atoms with E-state index in [4.69, 9.17) is 0 Å². The molecule has 0 unspecified atom stereocenters. The SMILES string of the molecule is Cc1ccc(Br)c(NCc2cccc(Br)c2O)c1. The summed E-state index contributed by atoms with van der Waals surface area (Å²) < 4.78 is 1.73. The molecule has 0 saturated carbocycles. The fraction of sp³-hybridized carbons (Fsp3) is 0.143. The summed E-state index contributed by atoms with van der Waals surface area (Å²) in [4.78, 5) is 0. The zero-order valence-electron chi connectivity index (χ0n) is 9.87. The van der Waals surface area contributed by atoms with E-state index < -0.39 is 0 Å². The molecule has 2 aromatic carbocycles. The second kappa shape index (κ2) is 5.76. The smallest absolute Gasteiger partial charge is 0.134 e. The highest BCUT2D eigenvalue weighted by Crippen LogP contribution is 2.29. The first-order valence-corrected chi connectivity index (χ1v) is 7.13. The number of hydrogen-bond donors (Lipinski definition) is 2. The number of hydrogen-bond acceptors (Lipinski definition) is 2. The van der Waals surface area contributed by atoms with Gasteiger partial charge in [-0.15, -0.1) is 0 Å². The Kier molecular flexibility index (Phi) is 4.30. The standard InChI is InChI=1S/C14H13Br2NO/c1-9-5-6-11(15)13(7-9)17-8-10-3-2-4-12(16)14(10)18/h2-7,17-18H,8H2,1H3. The highest BCUT2D eigenvalue weighted by Gasteiger charge is 2.05. The van der Waals surface area contributed by atoms with Crippen LogP contribution in [0.15, 0.2) is 45.3 Å². The maximum absolute atomic E-state index is 9.90. The molecule has 2 nitrogen and oxygen atoms in total. The van der Waals surface area contributed by atoms with Gasteiger partial charge in [-0.05, 0) is 62.5 Å². The van der Waals surface area contributed by atoms with Gasteiger partial charge in [-0.25, -0.2) is 0 Å². The molecule has 18 heavy (non-hydrogen) atoms. The number of aryl methyl sites for hydroxylation is 1. The molecule has 0 aromatic heterocycles. The van der Waals surface area contributed by atoms with E-state index >= 15 is 0 Å². The Bertz CT molecular complexity index is 568. The lowest BCUT2D eigenvalue weighted by Gasteiger charge is -2.11. The van der Waals surface area contributed by atoms with Crippen LogP contribution < -0.4 is 5.32 Å². The molecule has 0 radical (unpaired) electrons. The Labute approximate surface area is 123 Å². The summed E-state index contributed by atoms with van der Waals surface area (Å²) in [6, 6.07) is 11.8. The fourth-order valence-corrected chi connectivity index (χ4v) is 2.46. The van der Waals surface area contributed by atoms with Crippen LogP contribution in [0.2, 0.25) is 0 Å². The van der Waals surface area contributed by atoms with Gasteiger partial charge in [0.15, 0.2) is 0 Å². The molecule has 0 fully saturated rings. The van der Waals surface area contributed by atoms with Crippen molar-refractivity contribution >= 4 is 37.5 Å². The average Bonchev–Trinajstić information content (AvgIpc) is 2.35. The van der Waals surface area contributed by atoms with Crippen LogP contribution in [0.25, 0.3) is 0 Å². The maximum Gasteiger partial charge on any atom is 0.134 e. The Morgan fingerprint density at radius 2 is 1.89 bits per heavy atom. The molecule has 2 aromatic rings. The van der Waals surface area contributed by atoms with E-state index in [2.05, 4.69) is 43.2 Å². The minimum atomic E-state index is 0.286. The van der Waals surface area contributed by atoms with E-state index in [9.17, 15) is 5.11 Å².